The molecule has 1 aliphatic carbocycles. The molecule has 11 aromatic rings. The van der Waals surface area contributed by atoms with E-state index in [0.717, 1.165) is 30.5 Å². The average Bonchev–Trinajstić information content (AvgIpc) is 1.68. The summed E-state index contributed by atoms with van der Waals surface area (Å²) >= 11 is 0. The van der Waals surface area contributed by atoms with Crippen LogP contribution in [0, 0.1) is 0 Å². The summed E-state index contributed by atoms with van der Waals surface area (Å²) in [4.78, 5) is 8.24. The smallest absolute Gasteiger partial charge is 0.252 e. The first-order chi connectivity index (χ1) is 44.7. The van der Waals surface area contributed by atoms with Crippen molar-refractivity contribution in [2.24, 2.45) is 0 Å². The highest BCUT2D eigenvalue weighted by Gasteiger charge is 2.58. The highest BCUT2D eigenvalue weighted by atomic mass is 15.3. The minimum Gasteiger partial charge on any atom is -0.334 e. The van der Waals surface area contributed by atoms with Crippen LogP contribution in [0.2, 0.25) is 0 Å². The van der Waals surface area contributed by atoms with Gasteiger partial charge >= 0.3 is 0 Å². The quantitative estimate of drug-likeness (QED) is 0.126. The molecule has 1 fully saturated rings. The van der Waals surface area contributed by atoms with Crippen molar-refractivity contribution in [3.8, 4) is 33.4 Å². The van der Waals surface area contributed by atoms with Crippen molar-refractivity contribution in [2.45, 2.75) is 135 Å². The largest absolute Gasteiger partial charge is 0.334 e. The maximum atomic E-state index is 4.92. The first-order valence-electron chi connectivity index (χ1n) is 34.0. The molecule has 3 heterocycles. The predicted octanol–water partition coefficient (Wildman–Crippen LogP) is 22.3. The normalized spacial score (nSPS) is 17.7. The molecule has 3 atom stereocenters. The van der Waals surface area contributed by atoms with Crippen LogP contribution in [0.15, 0.2) is 261 Å². The third kappa shape index (κ3) is 10.0. The standard InChI is InChI=1S/C89H86BN3/c1-59(60-30-18-13-19-31-60)83(64-38-26-17-27-39-64)66-41-46-78-73(52-66)88(11)50-28-29-51-89(88,12)93(78)70-57-81-84-82(58-70)92(77-48-43-68(86(5,6)7)55-72(77)63-36-24-16-25-37-63)80-53-65(61-32-20-14-21-33-61)40-45-74(80)90(84)75-56-69(87(8,9)10)44-49-79(75)91(81)76-47-42-67(85(2,3)4)54-71(76)62-34-22-15-23-35-62/h13-27,30-49,52-58,83H,1,28-29,50-51H2,2-12H3. The Labute approximate surface area is 554 Å². The van der Waals surface area contributed by atoms with E-state index in [-0.39, 0.29) is 39.8 Å². The van der Waals surface area contributed by atoms with Gasteiger partial charge in [-0.15, -0.1) is 0 Å². The molecule has 0 N–H and O–H groups in total. The lowest BCUT2D eigenvalue weighted by Crippen LogP contribution is -2.61. The fourth-order valence-corrected chi connectivity index (χ4v) is 16.4. The zero-order chi connectivity index (χ0) is 64.3. The number of allylic oxidation sites excluding steroid dienone is 1. The van der Waals surface area contributed by atoms with Gasteiger partial charge < -0.3 is 14.7 Å². The number of rotatable bonds is 10. The summed E-state index contributed by atoms with van der Waals surface area (Å²) in [6.45, 7) is 31.2. The molecule has 1 saturated carbocycles. The van der Waals surface area contributed by atoms with Gasteiger partial charge in [-0.25, -0.2) is 0 Å². The Bertz CT molecular complexity index is 4680. The molecule has 0 bridgehead atoms. The SMILES string of the molecule is C=C(c1ccccc1)C(c1ccccc1)c1ccc2c(c1)C1(C)CCCCC1(C)N2c1cc2c3c(c1)N(c1ccc(C(C)(C)C)cc1-c1ccccc1)c1cc(-c4ccccc4)ccc1B3c1cc(C(C)(C)C)ccc1N2c1ccc(C(C)(C)C)cc1-c1ccccc1. The van der Waals surface area contributed by atoms with Crippen molar-refractivity contribution in [1.29, 1.82) is 0 Å². The number of benzene rings is 11. The Morgan fingerprint density at radius 2 is 0.871 bits per heavy atom. The zero-order valence-corrected chi connectivity index (χ0v) is 56.3. The molecule has 0 radical (unpaired) electrons. The molecule has 0 saturated heterocycles. The van der Waals surface area contributed by atoms with Gasteiger partial charge in [-0.3, -0.25) is 0 Å². The molecule has 93 heavy (non-hydrogen) atoms. The molecule has 3 aliphatic heterocycles. The van der Waals surface area contributed by atoms with Crippen molar-refractivity contribution in [3.63, 3.8) is 0 Å². The van der Waals surface area contributed by atoms with E-state index in [1.807, 2.05) is 0 Å². The van der Waals surface area contributed by atoms with Crippen molar-refractivity contribution in [2.75, 3.05) is 14.7 Å². The van der Waals surface area contributed by atoms with Crippen LogP contribution in [0.5, 0.6) is 0 Å². The zero-order valence-electron chi connectivity index (χ0n) is 56.3. The van der Waals surface area contributed by atoms with Crippen LogP contribution in [-0.2, 0) is 21.7 Å². The van der Waals surface area contributed by atoms with Gasteiger partial charge in [0.1, 0.15) is 0 Å². The number of hydrogen-bond donors (Lipinski definition) is 0. The summed E-state index contributed by atoms with van der Waals surface area (Å²) in [7, 11) is 0. The molecule has 0 spiro atoms. The average molecular weight is 1210 g/mol. The Kier molecular flexibility index (Phi) is 14.5. The van der Waals surface area contributed by atoms with Crippen molar-refractivity contribution in [3.05, 3.63) is 300 Å². The molecule has 4 aliphatic rings. The third-order valence-corrected chi connectivity index (χ3v) is 21.7. The molecule has 3 unspecified atom stereocenters. The van der Waals surface area contributed by atoms with E-state index in [1.54, 1.807) is 0 Å². The molecule has 460 valence electrons. The van der Waals surface area contributed by atoms with Crippen LogP contribution in [0.4, 0.5) is 45.5 Å². The van der Waals surface area contributed by atoms with E-state index in [2.05, 4.69) is 346 Å². The second-order valence-corrected chi connectivity index (χ2v) is 30.5. The van der Waals surface area contributed by atoms with E-state index in [1.165, 1.54) is 135 Å². The number of nitrogens with zero attached hydrogens (tertiary/aromatic N) is 3. The topological polar surface area (TPSA) is 9.72 Å². The first-order valence-corrected chi connectivity index (χ1v) is 34.0. The van der Waals surface area contributed by atoms with E-state index in [0.29, 0.717) is 0 Å². The lowest BCUT2D eigenvalue weighted by Gasteiger charge is -2.51. The van der Waals surface area contributed by atoms with Gasteiger partial charge in [-0.05, 0) is 174 Å². The van der Waals surface area contributed by atoms with Crippen LogP contribution in [0.1, 0.15) is 147 Å². The fourth-order valence-electron chi connectivity index (χ4n) is 16.4. The third-order valence-electron chi connectivity index (χ3n) is 21.7. The maximum Gasteiger partial charge on any atom is 0.252 e. The van der Waals surface area contributed by atoms with Gasteiger partial charge in [-0.2, -0.15) is 0 Å². The van der Waals surface area contributed by atoms with Crippen LogP contribution < -0.4 is 31.1 Å². The van der Waals surface area contributed by atoms with Crippen molar-refractivity contribution in [1.82, 2.24) is 0 Å². The summed E-state index contributed by atoms with van der Waals surface area (Å²) < 4.78 is 0. The fraction of sp³-hybridized carbons (Fsp3) is 0.236. The van der Waals surface area contributed by atoms with Gasteiger partial charge in [0, 0.05) is 56.6 Å². The number of fused-ring (bicyclic) bond motifs is 7. The lowest BCUT2D eigenvalue weighted by atomic mass is 9.33. The second-order valence-electron chi connectivity index (χ2n) is 30.5. The molecular weight excluding hydrogens is 1120 g/mol. The van der Waals surface area contributed by atoms with Crippen LogP contribution >= 0.6 is 0 Å². The van der Waals surface area contributed by atoms with E-state index >= 15 is 0 Å². The Morgan fingerprint density at radius 1 is 0.398 bits per heavy atom. The van der Waals surface area contributed by atoms with E-state index in [9.17, 15) is 0 Å². The molecule has 0 amide bonds. The molecule has 4 heteroatoms. The summed E-state index contributed by atoms with van der Waals surface area (Å²) in [6, 6.07) is 97.6. The second kappa shape index (κ2) is 22.4. The van der Waals surface area contributed by atoms with Crippen LogP contribution in [-0.4, -0.2) is 12.3 Å². The van der Waals surface area contributed by atoms with Crippen LogP contribution in [0.25, 0.3) is 39.0 Å². The van der Waals surface area contributed by atoms with Gasteiger partial charge in [-0.1, -0.05) is 289 Å². The monoisotopic (exact) mass is 1210 g/mol. The van der Waals surface area contributed by atoms with E-state index in [4.69, 9.17) is 6.58 Å². The maximum absolute atomic E-state index is 4.92. The number of anilines is 8. The molecular formula is C89H86BN3. The molecule has 0 aromatic heterocycles. The Hall–Kier alpha value is -9.38. The van der Waals surface area contributed by atoms with Gasteiger partial charge in [0.2, 0.25) is 0 Å². The Balaban J connectivity index is 1.08. The summed E-state index contributed by atoms with van der Waals surface area (Å²) in [5, 5.41) is 0. The van der Waals surface area contributed by atoms with Crippen molar-refractivity contribution < 1.29 is 0 Å². The van der Waals surface area contributed by atoms with Gasteiger partial charge in [0.15, 0.2) is 0 Å². The predicted molar refractivity (Wildman–Crippen MR) is 399 cm³/mol. The number of hydrogen-bond acceptors (Lipinski definition) is 3. The molecule has 15 rings (SSSR count). The summed E-state index contributed by atoms with van der Waals surface area (Å²) in [5.41, 5.74) is 30.1. The first kappa shape index (κ1) is 59.9. The van der Waals surface area contributed by atoms with Gasteiger partial charge in [0.05, 0.1) is 16.9 Å². The van der Waals surface area contributed by atoms with E-state index < -0.39 is 0 Å². The summed E-state index contributed by atoms with van der Waals surface area (Å²) in [6.07, 6.45) is 4.47. The highest BCUT2D eigenvalue weighted by molar-refractivity contribution is 7.00. The molecule has 11 aromatic carbocycles. The lowest BCUT2D eigenvalue weighted by molar-refractivity contribution is 0.195. The Morgan fingerprint density at radius 3 is 1.42 bits per heavy atom. The van der Waals surface area contributed by atoms with Gasteiger partial charge in [0.25, 0.3) is 6.71 Å². The molecule has 3 nitrogen and oxygen atoms in total. The van der Waals surface area contributed by atoms with Crippen molar-refractivity contribution >= 4 is 74.2 Å². The highest BCUT2D eigenvalue weighted by Crippen LogP contribution is 2.63. The summed E-state index contributed by atoms with van der Waals surface area (Å²) in [5.74, 6) is -0.0367. The van der Waals surface area contributed by atoms with Crippen LogP contribution in [0.3, 0.4) is 0 Å². The minimum absolute atomic E-state index is 0.0367. The minimum atomic E-state index is -0.296.